The molecule has 1 aromatic carbocycles. The van der Waals surface area contributed by atoms with Gasteiger partial charge >= 0.3 is 5.97 Å². The number of esters is 1. The van der Waals surface area contributed by atoms with Crippen LogP contribution in [0.15, 0.2) is 30.3 Å². The lowest BCUT2D eigenvalue weighted by Crippen LogP contribution is -2.11. The maximum absolute atomic E-state index is 11.7. The van der Waals surface area contributed by atoms with Crippen molar-refractivity contribution in [2.75, 3.05) is 12.9 Å². The van der Waals surface area contributed by atoms with E-state index in [1.54, 1.807) is 0 Å². The van der Waals surface area contributed by atoms with E-state index in [1.807, 2.05) is 30.3 Å². The van der Waals surface area contributed by atoms with Gasteiger partial charge in [0.25, 0.3) is 10.1 Å². The van der Waals surface area contributed by atoms with E-state index in [4.69, 9.17) is 4.74 Å². The van der Waals surface area contributed by atoms with E-state index in [2.05, 4.69) is 4.18 Å². The minimum Gasteiger partial charge on any atom is -0.461 e. The van der Waals surface area contributed by atoms with Gasteiger partial charge in [0.05, 0.1) is 18.8 Å². The maximum atomic E-state index is 11.7. The molecule has 0 spiro atoms. The molecule has 19 heavy (non-hydrogen) atoms. The van der Waals surface area contributed by atoms with Gasteiger partial charge in [-0.15, -0.1) is 0 Å². The summed E-state index contributed by atoms with van der Waals surface area (Å²) in [6, 6.07) is 9.41. The molecule has 0 aromatic heterocycles. The van der Waals surface area contributed by atoms with Gasteiger partial charge in [-0.3, -0.25) is 8.98 Å². The third-order valence-corrected chi connectivity index (χ3v) is 3.51. The highest BCUT2D eigenvalue weighted by molar-refractivity contribution is 7.85. The van der Waals surface area contributed by atoms with Crippen molar-refractivity contribution in [3.05, 3.63) is 35.9 Å². The Bertz CT molecular complexity index is 537. The van der Waals surface area contributed by atoms with Crippen molar-refractivity contribution in [2.45, 2.75) is 13.0 Å². The molecule has 1 fully saturated rings. The highest BCUT2D eigenvalue weighted by Crippen LogP contribution is 2.40. The lowest BCUT2D eigenvalue weighted by Gasteiger charge is -2.04. The van der Waals surface area contributed by atoms with E-state index in [1.165, 1.54) is 0 Å². The summed E-state index contributed by atoms with van der Waals surface area (Å²) < 4.78 is 31.5. The molecule has 0 radical (unpaired) electrons. The zero-order valence-electron chi connectivity index (χ0n) is 10.6. The molecule has 104 valence electrons. The summed E-state index contributed by atoms with van der Waals surface area (Å²) >= 11 is 0. The molecule has 0 bridgehead atoms. The van der Waals surface area contributed by atoms with Crippen LogP contribution < -0.4 is 0 Å². The monoisotopic (exact) mass is 284 g/mol. The second-order valence-corrected chi connectivity index (χ2v) is 6.33. The van der Waals surface area contributed by atoms with Gasteiger partial charge in [0.1, 0.15) is 6.61 Å². The second kappa shape index (κ2) is 5.71. The van der Waals surface area contributed by atoms with Crippen molar-refractivity contribution >= 4 is 16.1 Å². The summed E-state index contributed by atoms with van der Waals surface area (Å²) in [6.45, 7) is 0.305. The normalized spacial score (nSPS) is 21.9. The van der Waals surface area contributed by atoms with Crippen LogP contribution in [0.5, 0.6) is 0 Å². The fraction of sp³-hybridized carbons (Fsp3) is 0.462. The van der Waals surface area contributed by atoms with Crippen LogP contribution in [-0.4, -0.2) is 27.2 Å². The minimum atomic E-state index is -3.44. The van der Waals surface area contributed by atoms with Crippen LogP contribution in [0, 0.1) is 11.8 Å². The van der Waals surface area contributed by atoms with Gasteiger partial charge in [-0.1, -0.05) is 30.3 Å². The van der Waals surface area contributed by atoms with Gasteiger partial charge in [-0.2, -0.15) is 8.42 Å². The number of carbonyl (C=O) groups excluding carboxylic acids is 1. The third kappa shape index (κ3) is 4.65. The number of rotatable bonds is 6. The second-order valence-electron chi connectivity index (χ2n) is 4.68. The Kier molecular flexibility index (Phi) is 4.21. The van der Waals surface area contributed by atoms with Crippen molar-refractivity contribution in [2.24, 2.45) is 11.8 Å². The van der Waals surface area contributed by atoms with Crippen molar-refractivity contribution < 1.29 is 22.1 Å². The summed E-state index contributed by atoms with van der Waals surface area (Å²) in [6.07, 6.45) is 1.63. The molecule has 1 aliphatic rings. The zero-order valence-corrected chi connectivity index (χ0v) is 11.4. The Labute approximate surface area is 112 Å². The first-order valence-electron chi connectivity index (χ1n) is 6.00. The predicted octanol–water partition coefficient (Wildman–Crippen LogP) is 1.34. The third-order valence-electron chi connectivity index (χ3n) is 2.95. The van der Waals surface area contributed by atoms with Crippen LogP contribution in [0.2, 0.25) is 0 Å². The van der Waals surface area contributed by atoms with E-state index < -0.39 is 10.1 Å². The first-order chi connectivity index (χ1) is 8.96. The lowest BCUT2D eigenvalue weighted by molar-refractivity contribution is -0.147. The number of hydrogen-bond donors (Lipinski definition) is 0. The Morgan fingerprint density at radius 1 is 1.32 bits per heavy atom. The standard InChI is InChI=1S/C13H16O5S/c1-19(15,16)18-9-11-7-12(11)13(14)17-8-10-5-3-2-4-6-10/h2-6,11-12H,7-9H2,1H3/t11-,12-/m0/s1. The van der Waals surface area contributed by atoms with E-state index in [9.17, 15) is 13.2 Å². The highest BCUT2D eigenvalue weighted by atomic mass is 32.2. The van der Waals surface area contributed by atoms with Gasteiger partial charge in [-0.05, 0) is 17.9 Å². The fourth-order valence-corrected chi connectivity index (χ4v) is 2.19. The topological polar surface area (TPSA) is 69.7 Å². The SMILES string of the molecule is CS(=O)(=O)OC[C@@H]1C[C@@H]1C(=O)OCc1ccccc1. The van der Waals surface area contributed by atoms with Crippen LogP contribution in [0.3, 0.4) is 0 Å². The molecule has 0 heterocycles. The van der Waals surface area contributed by atoms with Crippen LogP contribution in [0.4, 0.5) is 0 Å². The lowest BCUT2D eigenvalue weighted by atomic mass is 10.2. The largest absolute Gasteiger partial charge is 0.461 e. The Balaban J connectivity index is 1.71. The molecule has 0 saturated heterocycles. The van der Waals surface area contributed by atoms with Crippen molar-refractivity contribution in [1.29, 1.82) is 0 Å². The maximum Gasteiger partial charge on any atom is 0.309 e. The molecule has 1 aromatic rings. The van der Waals surface area contributed by atoms with E-state index >= 15 is 0 Å². The van der Waals surface area contributed by atoms with Crippen LogP contribution in [0.1, 0.15) is 12.0 Å². The summed E-state index contributed by atoms with van der Waals surface area (Å²) in [7, 11) is -3.44. The molecule has 0 amide bonds. The number of ether oxygens (including phenoxy) is 1. The molecule has 6 heteroatoms. The molecule has 2 rings (SSSR count). The smallest absolute Gasteiger partial charge is 0.309 e. The van der Waals surface area contributed by atoms with Crippen molar-refractivity contribution in [3.8, 4) is 0 Å². The van der Waals surface area contributed by atoms with Gasteiger partial charge in [0, 0.05) is 0 Å². The molecule has 0 aliphatic heterocycles. The molecule has 0 unspecified atom stereocenters. The number of benzene rings is 1. The fourth-order valence-electron chi connectivity index (χ4n) is 1.77. The summed E-state index contributed by atoms with van der Waals surface area (Å²) in [4.78, 5) is 11.7. The molecule has 5 nitrogen and oxygen atoms in total. The average Bonchev–Trinajstić information content (AvgIpc) is 3.14. The van der Waals surface area contributed by atoms with Gasteiger partial charge < -0.3 is 4.74 Å². The molecular formula is C13H16O5S. The highest BCUT2D eigenvalue weighted by Gasteiger charge is 2.44. The minimum absolute atomic E-state index is 0.0435. The molecule has 1 aliphatic carbocycles. The van der Waals surface area contributed by atoms with E-state index in [0.29, 0.717) is 6.42 Å². The summed E-state index contributed by atoms with van der Waals surface area (Å²) in [5.41, 5.74) is 0.931. The van der Waals surface area contributed by atoms with E-state index in [0.717, 1.165) is 11.8 Å². The molecule has 0 N–H and O–H groups in total. The summed E-state index contributed by atoms with van der Waals surface area (Å²) in [5.74, 6) is -0.561. The van der Waals surface area contributed by atoms with Crippen LogP contribution in [-0.2, 0) is 30.4 Å². The van der Waals surface area contributed by atoms with Crippen LogP contribution >= 0.6 is 0 Å². The Morgan fingerprint density at radius 2 is 2.00 bits per heavy atom. The predicted molar refractivity (Wildman–Crippen MR) is 68.6 cm³/mol. The Hall–Kier alpha value is -1.40. The van der Waals surface area contributed by atoms with Crippen LogP contribution in [0.25, 0.3) is 0 Å². The Morgan fingerprint density at radius 3 is 2.63 bits per heavy atom. The molecule has 2 atom stereocenters. The first-order valence-corrected chi connectivity index (χ1v) is 7.82. The van der Waals surface area contributed by atoms with Crippen molar-refractivity contribution in [3.63, 3.8) is 0 Å². The molecular weight excluding hydrogens is 268 g/mol. The average molecular weight is 284 g/mol. The first kappa shape index (κ1) is 14.0. The number of hydrogen-bond acceptors (Lipinski definition) is 5. The number of carbonyl (C=O) groups is 1. The van der Waals surface area contributed by atoms with Gasteiger partial charge in [0.2, 0.25) is 0 Å². The van der Waals surface area contributed by atoms with Crippen molar-refractivity contribution in [1.82, 2.24) is 0 Å². The zero-order chi connectivity index (χ0) is 13.9. The molecule has 1 saturated carbocycles. The van der Waals surface area contributed by atoms with Gasteiger partial charge in [0.15, 0.2) is 0 Å². The van der Waals surface area contributed by atoms with E-state index in [-0.39, 0.29) is 31.0 Å². The quantitative estimate of drug-likeness (QED) is 0.582. The summed E-state index contributed by atoms with van der Waals surface area (Å²) in [5, 5.41) is 0. The van der Waals surface area contributed by atoms with Gasteiger partial charge in [-0.25, -0.2) is 0 Å².